The van der Waals surface area contributed by atoms with Gasteiger partial charge in [0, 0.05) is 7.11 Å². The molecule has 0 aliphatic heterocycles. The number of hydrogen-bond donors (Lipinski definition) is 3. The Morgan fingerprint density at radius 3 is 2.33 bits per heavy atom. The molecule has 0 saturated carbocycles. The van der Waals surface area contributed by atoms with Gasteiger partial charge in [0.05, 0.1) is 11.8 Å². The summed E-state index contributed by atoms with van der Waals surface area (Å²) in [6.07, 6.45) is 0.986. The lowest BCUT2D eigenvalue weighted by Crippen LogP contribution is -2.51. The maximum Gasteiger partial charge on any atom is 0.264 e. The molecule has 0 fully saturated rings. The summed E-state index contributed by atoms with van der Waals surface area (Å²) < 4.78 is 34.7. The summed E-state index contributed by atoms with van der Waals surface area (Å²) in [6.45, 7) is 6.00. The fraction of sp³-hybridized carbons (Fsp3) is 1.00. The van der Waals surface area contributed by atoms with Crippen LogP contribution in [0.3, 0.4) is 0 Å². The van der Waals surface area contributed by atoms with Gasteiger partial charge in [0.2, 0.25) is 0 Å². The van der Waals surface area contributed by atoms with Gasteiger partial charge in [0.1, 0.15) is 0 Å². The molecule has 0 saturated heterocycles. The number of ether oxygens (including phenoxy) is 1. The molecule has 0 aromatic rings. The lowest BCUT2D eigenvalue weighted by atomic mass is 9.97. The van der Waals surface area contributed by atoms with E-state index in [9.17, 15) is 13.5 Å². The van der Waals surface area contributed by atoms with Crippen molar-refractivity contribution in [3.05, 3.63) is 0 Å². The van der Waals surface area contributed by atoms with E-state index in [2.05, 4.69) is 5.32 Å². The zero-order chi connectivity index (χ0) is 14.4. The molecule has 6 nitrogen and oxygen atoms in total. The predicted molar refractivity (Wildman–Crippen MR) is 69.9 cm³/mol. The average molecular weight is 283 g/mol. The van der Waals surface area contributed by atoms with E-state index in [1.807, 2.05) is 13.8 Å². The maximum absolute atomic E-state index is 10.6. The number of aliphatic hydroxyl groups is 1. The van der Waals surface area contributed by atoms with E-state index < -0.39 is 15.9 Å². The Hall–Kier alpha value is -0.210. The smallest absolute Gasteiger partial charge is 0.264 e. The Morgan fingerprint density at radius 1 is 1.39 bits per heavy atom. The topological polar surface area (TPSA) is 95.9 Å². The van der Waals surface area contributed by atoms with Gasteiger partial charge >= 0.3 is 0 Å². The molecule has 0 heterocycles. The highest BCUT2D eigenvalue weighted by Gasteiger charge is 2.31. The lowest BCUT2D eigenvalue weighted by Gasteiger charge is -2.33. The average Bonchev–Trinajstić information content (AvgIpc) is 2.20. The summed E-state index contributed by atoms with van der Waals surface area (Å²) in [7, 11) is -2.50. The quantitative estimate of drug-likeness (QED) is 0.326. The zero-order valence-corrected chi connectivity index (χ0v) is 12.3. The standard InChI is InChI=1S/C11H25NO5S/c1-9(2)8-10(11(3,13)17-4)12-6-5-7-18(14,15)16/h9-10,12-13H,5-8H2,1-4H3,(H,14,15,16). The van der Waals surface area contributed by atoms with E-state index in [1.165, 1.54) is 7.11 Å². The Labute approximate surface area is 109 Å². The van der Waals surface area contributed by atoms with Gasteiger partial charge in [-0.15, -0.1) is 0 Å². The van der Waals surface area contributed by atoms with Crippen molar-refractivity contribution in [3.8, 4) is 0 Å². The monoisotopic (exact) mass is 283 g/mol. The van der Waals surface area contributed by atoms with Crippen LogP contribution in [-0.4, -0.2) is 49.3 Å². The van der Waals surface area contributed by atoms with Crippen molar-refractivity contribution in [1.29, 1.82) is 0 Å². The Balaban J connectivity index is 4.26. The Morgan fingerprint density at radius 2 is 1.94 bits per heavy atom. The zero-order valence-electron chi connectivity index (χ0n) is 11.5. The summed E-state index contributed by atoms with van der Waals surface area (Å²) in [4.78, 5) is 0. The fourth-order valence-electron chi connectivity index (χ4n) is 1.64. The van der Waals surface area contributed by atoms with E-state index in [0.717, 1.165) is 0 Å². The van der Waals surface area contributed by atoms with Gasteiger partial charge in [-0.1, -0.05) is 13.8 Å². The Kier molecular flexibility index (Phi) is 7.31. The van der Waals surface area contributed by atoms with Crippen molar-refractivity contribution in [2.24, 2.45) is 5.92 Å². The predicted octanol–water partition coefficient (Wildman–Crippen LogP) is 0.624. The van der Waals surface area contributed by atoms with Crippen molar-refractivity contribution in [3.63, 3.8) is 0 Å². The molecular formula is C11H25NO5S. The van der Waals surface area contributed by atoms with Crippen molar-refractivity contribution in [2.75, 3.05) is 19.4 Å². The third-order valence-corrected chi connectivity index (χ3v) is 3.54. The van der Waals surface area contributed by atoms with Crippen molar-refractivity contribution in [1.82, 2.24) is 5.32 Å². The van der Waals surface area contributed by atoms with E-state index in [1.54, 1.807) is 6.92 Å². The second kappa shape index (κ2) is 7.40. The summed E-state index contributed by atoms with van der Waals surface area (Å²) in [5.41, 5.74) is 0. The minimum absolute atomic E-state index is 0.285. The molecule has 2 unspecified atom stereocenters. The molecule has 110 valence electrons. The molecule has 0 aromatic heterocycles. The van der Waals surface area contributed by atoms with Crippen LogP contribution in [0.2, 0.25) is 0 Å². The molecule has 0 aromatic carbocycles. The lowest BCUT2D eigenvalue weighted by molar-refractivity contribution is -0.194. The minimum atomic E-state index is -3.92. The van der Waals surface area contributed by atoms with E-state index >= 15 is 0 Å². The van der Waals surface area contributed by atoms with Gasteiger partial charge in [-0.2, -0.15) is 8.42 Å². The van der Waals surface area contributed by atoms with E-state index in [-0.39, 0.29) is 18.2 Å². The third-order valence-electron chi connectivity index (χ3n) is 2.74. The van der Waals surface area contributed by atoms with Gasteiger partial charge < -0.3 is 15.2 Å². The van der Waals surface area contributed by atoms with Crippen LogP contribution >= 0.6 is 0 Å². The van der Waals surface area contributed by atoms with Crippen LogP contribution < -0.4 is 5.32 Å². The molecule has 0 spiro atoms. The van der Waals surface area contributed by atoms with Gasteiger partial charge in [-0.3, -0.25) is 4.55 Å². The van der Waals surface area contributed by atoms with E-state index in [0.29, 0.717) is 18.9 Å². The van der Waals surface area contributed by atoms with Crippen LogP contribution in [0.4, 0.5) is 0 Å². The first kappa shape index (κ1) is 17.8. The molecule has 18 heavy (non-hydrogen) atoms. The molecule has 2 atom stereocenters. The molecule has 0 aliphatic rings. The molecule has 3 N–H and O–H groups in total. The summed E-state index contributed by atoms with van der Waals surface area (Å²) in [6, 6.07) is -0.288. The van der Waals surface area contributed by atoms with Crippen LogP contribution in [0.5, 0.6) is 0 Å². The minimum Gasteiger partial charge on any atom is -0.364 e. The molecule has 0 rings (SSSR count). The van der Waals surface area contributed by atoms with Crippen molar-refractivity contribution < 1.29 is 22.8 Å². The molecule has 0 amide bonds. The van der Waals surface area contributed by atoms with Crippen molar-refractivity contribution >= 4 is 10.1 Å². The van der Waals surface area contributed by atoms with Crippen LogP contribution in [0.15, 0.2) is 0 Å². The molecule has 0 bridgehead atoms. The SMILES string of the molecule is COC(C)(O)C(CC(C)C)NCCCS(=O)(=O)O. The highest BCUT2D eigenvalue weighted by Crippen LogP contribution is 2.18. The van der Waals surface area contributed by atoms with Gasteiger partial charge in [-0.05, 0) is 32.2 Å². The summed E-state index contributed by atoms with van der Waals surface area (Å²) in [5, 5.41) is 13.1. The van der Waals surface area contributed by atoms with Gasteiger partial charge in [0.25, 0.3) is 10.1 Å². The highest BCUT2D eigenvalue weighted by atomic mass is 32.2. The van der Waals surface area contributed by atoms with Crippen LogP contribution in [0.25, 0.3) is 0 Å². The summed E-state index contributed by atoms with van der Waals surface area (Å²) in [5.74, 6) is -1.22. The Bertz CT molecular complexity index is 326. The number of methoxy groups -OCH3 is 1. The second-order valence-corrected chi connectivity index (χ2v) is 6.61. The largest absolute Gasteiger partial charge is 0.364 e. The number of rotatable bonds is 9. The second-order valence-electron chi connectivity index (χ2n) is 5.03. The number of nitrogens with one attached hydrogen (secondary N) is 1. The molecule has 0 aliphatic carbocycles. The van der Waals surface area contributed by atoms with Crippen LogP contribution in [0.1, 0.15) is 33.6 Å². The van der Waals surface area contributed by atoms with Crippen molar-refractivity contribution in [2.45, 2.75) is 45.4 Å². The van der Waals surface area contributed by atoms with Gasteiger partial charge in [-0.25, -0.2) is 0 Å². The fourth-order valence-corrected chi connectivity index (χ4v) is 2.15. The van der Waals surface area contributed by atoms with Gasteiger partial charge in [0.15, 0.2) is 5.79 Å². The maximum atomic E-state index is 10.6. The summed E-state index contributed by atoms with van der Waals surface area (Å²) >= 11 is 0. The molecule has 0 radical (unpaired) electrons. The van der Waals surface area contributed by atoms with E-state index in [4.69, 9.17) is 9.29 Å². The first-order chi connectivity index (χ1) is 8.08. The highest BCUT2D eigenvalue weighted by molar-refractivity contribution is 7.85. The third kappa shape index (κ3) is 7.99. The normalized spacial score (nSPS) is 17.7. The van der Waals surface area contributed by atoms with Crippen LogP contribution in [0, 0.1) is 5.92 Å². The first-order valence-corrected chi connectivity index (χ1v) is 7.65. The van der Waals surface area contributed by atoms with Crippen LogP contribution in [-0.2, 0) is 14.9 Å². The number of hydrogen-bond acceptors (Lipinski definition) is 5. The molecule has 7 heteroatoms. The molecular weight excluding hydrogens is 258 g/mol. The first-order valence-electron chi connectivity index (χ1n) is 6.04.